The Balaban J connectivity index is 1.64. The van der Waals surface area contributed by atoms with E-state index in [1.165, 1.54) is 0 Å². The number of carbonyl (C=O) groups excluding carboxylic acids is 2. The summed E-state index contributed by atoms with van der Waals surface area (Å²) in [5, 5.41) is 11.9. The van der Waals surface area contributed by atoms with Crippen LogP contribution in [0.5, 0.6) is 0 Å². The van der Waals surface area contributed by atoms with Gasteiger partial charge in [-0.1, -0.05) is 24.3 Å². The second-order valence-corrected chi connectivity index (χ2v) is 7.24. The zero-order chi connectivity index (χ0) is 20.8. The van der Waals surface area contributed by atoms with Gasteiger partial charge in [-0.25, -0.2) is 0 Å². The Morgan fingerprint density at radius 3 is 2.38 bits per heavy atom. The van der Waals surface area contributed by atoms with E-state index in [1.807, 2.05) is 38.1 Å². The molecule has 1 saturated carbocycles. The summed E-state index contributed by atoms with van der Waals surface area (Å²) in [4.78, 5) is 26.5. The van der Waals surface area contributed by atoms with Crippen molar-refractivity contribution >= 4 is 17.9 Å². The number of likely N-dealkylation sites (N-methyl/N-ethyl adjacent to an activating group) is 1. The van der Waals surface area contributed by atoms with Crippen LogP contribution in [0.25, 0.3) is 6.08 Å². The van der Waals surface area contributed by atoms with Crippen LogP contribution in [0.15, 0.2) is 54.6 Å². The highest BCUT2D eigenvalue weighted by atomic mass is 16.2. The average molecular weight is 387 g/mol. The van der Waals surface area contributed by atoms with E-state index < -0.39 is 0 Å². The summed E-state index contributed by atoms with van der Waals surface area (Å²) in [6, 6.07) is 16.9. The normalized spacial score (nSPS) is 14.2. The van der Waals surface area contributed by atoms with Crippen LogP contribution >= 0.6 is 0 Å². The van der Waals surface area contributed by atoms with Gasteiger partial charge < -0.3 is 10.2 Å². The molecule has 0 heterocycles. The van der Waals surface area contributed by atoms with Crippen LogP contribution in [0.4, 0.5) is 0 Å². The average Bonchev–Trinajstić information content (AvgIpc) is 3.57. The van der Waals surface area contributed by atoms with Crippen LogP contribution in [0.1, 0.15) is 59.8 Å². The van der Waals surface area contributed by atoms with Crippen molar-refractivity contribution in [2.75, 3.05) is 6.54 Å². The fourth-order valence-corrected chi connectivity index (χ4v) is 3.14. The number of hydrogen-bond donors (Lipinski definition) is 1. The van der Waals surface area contributed by atoms with E-state index in [0.29, 0.717) is 23.7 Å². The van der Waals surface area contributed by atoms with Crippen molar-refractivity contribution in [2.24, 2.45) is 0 Å². The Morgan fingerprint density at radius 2 is 1.83 bits per heavy atom. The molecule has 1 fully saturated rings. The SMILES string of the molecule is CCN(C(=O)C=Cc1ccc(C(=O)NC2CC2)cc1)C(C)c1ccc(C#N)cc1. The van der Waals surface area contributed by atoms with E-state index in [0.717, 1.165) is 24.0 Å². The van der Waals surface area contributed by atoms with Crippen molar-refractivity contribution in [3.05, 3.63) is 76.9 Å². The van der Waals surface area contributed by atoms with E-state index in [9.17, 15) is 9.59 Å². The third kappa shape index (κ3) is 5.32. The molecule has 5 heteroatoms. The molecule has 29 heavy (non-hydrogen) atoms. The number of rotatable bonds is 7. The van der Waals surface area contributed by atoms with Crippen LogP contribution < -0.4 is 5.32 Å². The molecule has 0 aliphatic heterocycles. The lowest BCUT2D eigenvalue weighted by atomic mass is 10.0. The van der Waals surface area contributed by atoms with E-state index >= 15 is 0 Å². The fraction of sp³-hybridized carbons (Fsp3) is 0.292. The Kier molecular flexibility index (Phi) is 6.46. The molecule has 1 N–H and O–H groups in total. The van der Waals surface area contributed by atoms with E-state index in [4.69, 9.17) is 5.26 Å². The molecule has 1 atom stereocenters. The number of carbonyl (C=O) groups is 2. The number of nitriles is 1. The molecule has 0 aromatic heterocycles. The van der Waals surface area contributed by atoms with Gasteiger partial charge in [0.05, 0.1) is 17.7 Å². The molecule has 5 nitrogen and oxygen atoms in total. The predicted molar refractivity (Wildman–Crippen MR) is 113 cm³/mol. The molecule has 148 valence electrons. The van der Waals surface area contributed by atoms with Gasteiger partial charge in [0.2, 0.25) is 5.91 Å². The molecule has 1 aliphatic carbocycles. The van der Waals surface area contributed by atoms with Gasteiger partial charge in [0, 0.05) is 24.2 Å². The van der Waals surface area contributed by atoms with Gasteiger partial charge >= 0.3 is 0 Å². The molecular weight excluding hydrogens is 362 g/mol. The van der Waals surface area contributed by atoms with Gasteiger partial charge in [0.25, 0.3) is 5.91 Å². The molecule has 2 aromatic rings. The van der Waals surface area contributed by atoms with E-state index in [1.54, 1.807) is 41.3 Å². The molecule has 0 bridgehead atoms. The largest absolute Gasteiger partial charge is 0.349 e. The van der Waals surface area contributed by atoms with Crippen LogP contribution in [-0.4, -0.2) is 29.3 Å². The number of nitrogens with one attached hydrogen (secondary N) is 1. The second-order valence-electron chi connectivity index (χ2n) is 7.24. The summed E-state index contributed by atoms with van der Waals surface area (Å²) in [5.41, 5.74) is 3.08. The van der Waals surface area contributed by atoms with E-state index in [2.05, 4.69) is 11.4 Å². The van der Waals surface area contributed by atoms with Crippen LogP contribution in [-0.2, 0) is 4.79 Å². The third-order valence-electron chi connectivity index (χ3n) is 5.12. The zero-order valence-corrected chi connectivity index (χ0v) is 16.8. The van der Waals surface area contributed by atoms with Gasteiger partial charge in [0.1, 0.15) is 0 Å². The Labute approximate surface area is 171 Å². The summed E-state index contributed by atoms with van der Waals surface area (Å²) in [6.07, 6.45) is 5.44. The summed E-state index contributed by atoms with van der Waals surface area (Å²) in [5.74, 6) is -0.132. The zero-order valence-electron chi connectivity index (χ0n) is 16.8. The molecule has 1 aliphatic rings. The molecule has 0 radical (unpaired) electrons. The lowest BCUT2D eigenvalue weighted by molar-refractivity contribution is -0.127. The first-order valence-corrected chi connectivity index (χ1v) is 9.91. The number of amides is 2. The minimum atomic E-state index is -0.0987. The quantitative estimate of drug-likeness (QED) is 0.728. The van der Waals surface area contributed by atoms with E-state index in [-0.39, 0.29) is 17.9 Å². The molecule has 1 unspecified atom stereocenters. The molecular formula is C24H25N3O2. The Morgan fingerprint density at radius 1 is 1.17 bits per heavy atom. The lowest BCUT2D eigenvalue weighted by Crippen LogP contribution is -2.32. The van der Waals surface area contributed by atoms with Crippen molar-refractivity contribution in [1.29, 1.82) is 5.26 Å². The van der Waals surface area contributed by atoms with Gasteiger partial charge in [-0.05, 0) is 68.2 Å². The summed E-state index contributed by atoms with van der Waals surface area (Å²) in [7, 11) is 0. The van der Waals surface area contributed by atoms with Gasteiger partial charge in [-0.3, -0.25) is 9.59 Å². The summed E-state index contributed by atoms with van der Waals surface area (Å²) in [6.45, 7) is 4.49. The second kappa shape index (κ2) is 9.20. The first-order chi connectivity index (χ1) is 14.0. The first-order valence-electron chi connectivity index (χ1n) is 9.91. The summed E-state index contributed by atoms with van der Waals surface area (Å²) < 4.78 is 0. The van der Waals surface area contributed by atoms with Crippen molar-refractivity contribution in [1.82, 2.24) is 10.2 Å². The molecule has 0 saturated heterocycles. The predicted octanol–water partition coefficient (Wildman–Crippen LogP) is 4.07. The van der Waals surface area contributed by atoms with Crippen LogP contribution in [0.2, 0.25) is 0 Å². The maximum Gasteiger partial charge on any atom is 0.251 e. The van der Waals surface area contributed by atoms with Crippen molar-refractivity contribution in [2.45, 2.75) is 38.8 Å². The maximum absolute atomic E-state index is 12.7. The third-order valence-corrected chi connectivity index (χ3v) is 5.12. The molecule has 0 spiro atoms. The monoisotopic (exact) mass is 387 g/mol. The minimum Gasteiger partial charge on any atom is -0.349 e. The first kappa shape index (κ1) is 20.3. The van der Waals surface area contributed by atoms with Crippen LogP contribution in [0, 0.1) is 11.3 Å². The van der Waals surface area contributed by atoms with Crippen molar-refractivity contribution in [3.8, 4) is 6.07 Å². The Bertz CT molecular complexity index is 936. The summed E-state index contributed by atoms with van der Waals surface area (Å²) >= 11 is 0. The van der Waals surface area contributed by atoms with Crippen molar-refractivity contribution in [3.63, 3.8) is 0 Å². The minimum absolute atomic E-state index is 0.0486. The highest BCUT2D eigenvalue weighted by Gasteiger charge is 2.23. The highest BCUT2D eigenvalue weighted by Crippen LogP contribution is 2.21. The van der Waals surface area contributed by atoms with Gasteiger partial charge in [-0.2, -0.15) is 5.26 Å². The number of benzene rings is 2. The lowest BCUT2D eigenvalue weighted by Gasteiger charge is -2.27. The van der Waals surface area contributed by atoms with Crippen LogP contribution in [0.3, 0.4) is 0 Å². The van der Waals surface area contributed by atoms with Gasteiger partial charge in [-0.15, -0.1) is 0 Å². The maximum atomic E-state index is 12.7. The Hall–Kier alpha value is -3.39. The highest BCUT2D eigenvalue weighted by molar-refractivity contribution is 5.95. The fourth-order valence-electron chi connectivity index (χ4n) is 3.14. The molecule has 2 aromatic carbocycles. The molecule has 2 amide bonds. The smallest absolute Gasteiger partial charge is 0.251 e. The molecule has 3 rings (SSSR count). The number of nitrogens with zero attached hydrogens (tertiary/aromatic N) is 2. The van der Waals surface area contributed by atoms with Gasteiger partial charge in [0.15, 0.2) is 0 Å². The number of hydrogen-bond acceptors (Lipinski definition) is 3. The van der Waals surface area contributed by atoms with Crippen molar-refractivity contribution < 1.29 is 9.59 Å². The topological polar surface area (TPSA) is 73.2 Å². The standard InChI is InChI=1S/C24H25N3O2/c1-3-27(17(2)20-9-6-19(16-25)7-10-20)23(28)15-8-18-4-11-21(12-5-18)24(29)26-22-13-14-22/h4-12,15,17,22H,3,13-14H2,1-2H3,(H,26,29).